The van der Waals surface area contributed by atoms with Crippen molar-refractivity contribution in [1.82, 2.24) is 15.2 Å². The van der Waals surface area contributed by atoms with E-state index in [4.69, 9.17) is 11.6 Å². The van der Waals surface area contributed by atoms with Gasteiger partial charge in [0.25, 0.3) is 11.8 Å². The molecule has 3 rings (SSSR count). The molecule has 7 nitrogen and oxygen atoms in total. The van der Waals surface area contributed by atoms with E-state index in [1.807, 2.05) is 13.8 Å². The van der Waals surface area contributed by atoms with Crippen molar-refractivity contribution in [3.05, 3.63) is 51.8 Å². The van der Waals surface area contributed by atoms with E-state index >= 15 is 0 Å². The number of halogens is 1. The Bertz CT molecular complexity index is 1080. The summed E-state index contributed by atoms with van der Waals surface area (Å²) in [4.78, 5) is 42.9. The van der Waals surface area contributed by atoms with Crippen molar-refractivity contribution >= 4 is 46.5 Å². The Hall–Kier alpha value is -2.90. The van der Waals surface area contributed by atoms with Crippen LogP contribution in [0.25, 0.3) is 11.6 Å². The average Bonchev–Trinajstić information content (AvgIpc) is 3.25. The maximum atomic E-state index is 12.8. The number of carbonyl (C=O) groups excluding carboxylic acids is 3. The first-order chi connectivity index (χ1) is 15.3. The van der Waals surface area contributed by atoms with Crippen LogP contribution in [-0.4, -0.2) is 59.5 Å². The number of H-pyrrole nitrogens is 1. The Morgan fingerprint density at radius 3 is 2.56 bits per heavy atom. The summed E-state index contributed by atoms with van der Waals surface area (Å²) in [5, 5.41) is 5.80. The van der Waals surface area contributed by atoms with Gasteiger partial charge < -0.3 is 20.5 Å². The lowest BCUT2D eigenvalue weighted by Crippen LogP contribution is -2.35. The monoisotopic (exact) mass is 456 g/mol. The zero-order chi connectivity index (χ0) is 23.4. The van der Waals surface area contributed by atoms with Gasteiger partial charge in [0.2, 0.25) is 0 Å². The van der Waals surface area contributed by atoms with E-state index in [0.29, 0.717) is 40.2 Å². The normalized spacial score (nSPS) is 14.1. The van der Waals surface area contributed by atoms with E-state index in [9.17, 15) is 14.4 Å². The molecule has 32 heavy (non-hydrogen) atoms. The molecule has 1 aliphatic heterocycles. The first kappa shape index (κ1) is 23.8. The summed E-state index contributed by atoms with van der Waals surface area (Å²) in [5.41, 5.74) is 4.94. The standard InChI is InChI=1S/C24H29ClN4O3/c1-5-29(6-2)10-9-26-24(32)22-14(3)20(27-15(22)4)12-18-17-11-16(21(30)13-25)7-8-19(17)28-23(18)31/h7-8,11-12,27H,5-6,9-10,13H2,1-4H3,(H,26,32)(H,28,31)/b18-12-. The fraction of sp³-hybridized carbons (Fsp3) is 0.375. The van der Waals surface area contributed by atoms with Gasteiger partial charge in [-0.1, -0.05) is 13.8 Å². The number of hydrogen-bond acceptors (Lipinski definition) is 4. The second kappa shape index (κ2) is 10.1. The van der Waals surface area contributed by atoms with Gasteiger partial charge in [0.1, 0.15) is 0 Å². The molecule has 0 saturated heterocycles. The maximum Gasteiger partial charge on any atom is 0.256 e. The van der Waals surface area contributed by atoms with Crippen molar-refractivity contribution in [1.29, 1.82) is 0 Å². The molecule has 2 amide bonds. The second-order valence-corrected chi connectivity index (χ2v) is 8.04. The molecule has 2 heterocycles. The van der Waals surface area contributed by atoms with Crippen LogP contribution < -0.4 is 10.6 Å². The molecule has 0 atom stereocenters. The summed E-state index contributed by atoms with van der Waals surface area (Å²) in [6.45, 7) is 11.1. The third-order valence-electron chi connectivity index (χ3n) is 5.85. The minimum absolute atomic E-state index is 0.124. The van der Waals surface area contributed by atoms with Gasteiger partial charge in [0.05, 0.1) is 17.0 Å². The molecule has 0 aliphatic carbocycles. The Kier molecular flexibility index (Phi) is 7.53. The highest BCUT2D eigenvalue weighted by atomic mass is 35.5. The van der Waals surface area contributed by atoms with Crippen LogP contribution in [0.3, 0.4) is 0 Å². The molecular weight excluding hydrogens is 428 g/mol. The summed E-state index contributed by atoms with van der Waals surface area (Å²) < 4.78 is 0. The number of benzene rings is 1. The summed E-state index contributed by atoms with van der Waals surface area (Å²) in [6, 6.07) is 5.03. The number of nitrogens with zero attached hydrogens (tertiary/aromatic N) is 1. The SMILES string of the molecule is CCN(CC)CCNC(=O)c1c(C)[nH]c(/C=C2\C(=O)Nc3ccc(C(=O)CCl)cc32)c1C. The smallest absolute Gasteiger partial charge is 0.256 e. The van der Waals surface area contributed by atoms with Crippen molar-refractivity contribution in [3.63, 3.8) is 0 Å². The van der Waals surface area contributed by atoms with E-state index < -0.39 is 0 Å². The first-order valence-corrected chi connectivity index (χ1v) is 11.3. The van der Waals surface area contributed by atoms with Crippen LogP contribution in [0.4, 0.5) is 5.69 Å². The molecule has 0 radical (unpaired) electrons. The van der Waals surface area contributed by atoms with Crippen molar-refractivity contribution in [2.45, 2.75) is 27.7 Å². The zero-order valence-electron chi connectivity index (χ0n) is 18.9. The van der Waals surface area contributed by atoms with Crippen LogP contribution in [0.15, 0.2) is 18.2 Å². The number of Topliss-reactive ketones (excluding diaryl/α,β-unsaturated/α-hetero) is 1. The fourth-order valence-electron chi connectivity index (χ4n) is 3.94. The number of carbonyl (C=O) groups is 3. The quantitative estimate of drug-likeness (QED) is 0.305. The highest BCUT2D eigenvalue weighted by molar-refractivity contribution is 6.35. The number of hydrogen-bond donors (Lipinski definition) is 3. The predicted molar refractivity (Wildman–Crippen MR) is 128 cm³/mol. The van der Waals surface area contributed by atoms with E-state index in [2.05, 4.69) is 34.4 Å². The minimum Gasteiger partial charge on any atom is -0.358 e. The molecule has 0 fully saturated rings. The molecule has 1 aromatic heterocycles. The van der Waals surface area contributed by atoms with Gasteiger partial charge >= 0.3 is 0 Å². The van der Waals surface area contributed by atoms with Crippen LogP contribution >= 0.6 is 11.6 Å². The van der Waals surface area contributed by atoms with Crippen molar-refractivity contribution < 1.29 is 14.4 Å². The molecule has 0 saturated carbocycles. The number of rotatable bonds is 9. The zero-order valence-corrected chi connectivity index (χ0v) is 19.7. The van der Waals surface area contributed by atoms with Crippen molar-refractivity contribution in [2.24, 2.45) is 0 Å². The minimum atomic E-state index is -0.257. The Labute approximate surface area is 193 Å². The van der Waals surface area contributed by atoms with Gasteiger partial charge in [-0.3, -0.25) is 14.4 Å². The number of anilines is 1. The Morgan fingerprint density at radius 2 is 1.91 bits per heavy atom. The molecular formula is C24H29ClN4O3. The highest BCUT2D eigenvalue weighted by Gasteiger charge is 2.26. The lowest BCUT2D eigenvalue weighted by Gasteiger charge is -2.18. The van der Waals surface area contributed by atoms with Crippen LogP contribution in [0.1, 0.15) is 57.1 Å². The molecule has 1 aliphatic rings. The molecule has 0 unspecified atom stereocenters. The number of aromatic amines is 1. The summed E-state index contributed by atoms with van der Waals surface area (Å²) in [5.74, 6) is -0.726. The number of aryl methyl sites for hydroxylation is 1. The second-order valence-electron chi connectivity index (χ2n) is 7.78. The predicted octanol–water partition coefficient (Wildman–Crippen LogP) is 3.62. The number of likely N-dealkylation sites (N-methyl/N-ethyl adjacent to an activating group) is 1. The van der Waals surface area contributed by atoms with Gasteiger partial charge in [0, 0.05) is 41.3 Å². The number of amides is 2. The van der Waals surface area contributed by atoms with E-state index in [0.717, 1.165) is 30.9 Å². The molecule has 1 aromatic carbocycles. The molecule has 2 aromatic rings. The van der Waals surface area contributed by atoms with Crippen LogP contribution in [0, 0.1) is 13.8 Å². The van der Waals surface area contributed by atoms with Crippen LogP contribution in [0.2, 0.25) is 0 Å². The number of aromatic nitrogens is 1. The Balaban J connectivity index is 1.87. The van der Waals surface area contributed by atoms with Crippen molar-refractivity contribution in [2.75, 3.05) is 37.4 Å². The number of ketones is 1. The maximum absolute atomic E-state index is 12.8. The molecule has 3 N–H and O–H groups in total. The topological polar surface area (TPSA) is 94.3 Å². The third kappa shape index (κ3) is 4.79. The fourth-order valence-corrected chi connectivity index (χ4v) is 4.10. The molecule has 8 heteroatoms. The highest BCUT2D eigenvalue weighted by Crippen LogP contribution is 2.34. The van der Waals surface area contributed by atoms with Gasteiger partial charge in [-0.05, 0) is 56.8 Å². The largest absolute Gasteiger partial charge is 0.358 e. The average molecular weight is 457 g/mol. The van der Waals surface area contributed by atoms with Crippen LogP contribution in [-0.2, 0) is 4.79 Å². The summed E-state index contributed by atoms with van der Waals surface area (Å²) >= 11 is 5.68. The lowest BCUT2D eigenvalue weighted by molar-refractivity contribution is -0.110. The van der Waals surface area contributed by atoms with Gasteiger partial charge in [-0.25, -0.2) is 0 Å². The molecule has 0 bridgehead atoms. The number of fused-ring (bicyclic) bond motifs is 1. The van der Waals surface area contributed by atoms with Gasteiger partial charge in [0.15, 0.2) is 5.78 Å². The molecule has 170 valence electrons. The van der Waals surface area contributed by atoms with Crippen molar-refractivity contribution in [3.8, 4) is 0 Å². The summed E-state index contributed by atoms with van der Waals surface area (Å²) in [6.07, 6.45) is 1.73. The van der Waals surface area contributed by atoms with E-state index in [1.165, 1.54) is 0 Å². The van der Waals surface area contributed by atoms with E-state index in [-0.39, 0.29) is 23.5 Å². The number of nitrogens with one attached hydrogen (secondary N) is 3. The van der Waals surface area contributed by atoms with Crippen LogP contribution in [0.5, 0.6) is 0 Å². The van der Waals surface area contributed by atoms with Gasteiger partial charge in [-0.15, -0.1) is 11.6 Å². The Morgan fingerprint density at radius 1 is 1.19 bits per heavy atom. The number of alkyl halides is 1. The van der Waals surface area contributed by atoms with E-state index in [1.54, 1.807) is 24.3 Å². The molecule has 0 spiro atoms. The summed E-state index contributed by atoms with van der Waals surface area (Å²) in [7, 11) is 0. The first-order valence-electron chi connectivity index (χ1n) is 10.8. The van der Waals surface area contributed by atoms with Gasteiger partial charge in [-0.2, -0.15) is 0 Å². The third-order valence-corrected chi connectivity index (χ3v) is 6.09. The lowest BCUT2D eigenvalue weighted by atomic mass is 10.0.